The highest BCUT2D eigenvalue weighted by molar-refractivity contribution is 5.88. The Labute approximate surface area is 190 Å². The summed E-state index contributed by atoms with van der Waals surface area (Å²) in [5, 5.41) is 20.4. The predicted octanol–water partition coefficient (Wildman–Crippen LogP) is 7.12. The molecule has 5 nitrogen and oxygen atoms in total. The van der Waals surface area contributed by atoms with E-state index in [2.05, 4.69) is 32.9 Å². The van der Waals surface area contributed by atoms with E-state index in [1.54, 1.807) is 25.1 Å². The van der Waals surface area contributed by atoms with Crippen LogP contribution in [0.25, 0.3) is 0 Å². The number of nitrogens with zero attached hydrogens (tertiary/aromatic N) is 1. The van der Waals surface area contributed by atoms with Gasteiger partial charge in [-0.15, -0.1) is 0 Å². The smallest absolute Gasteiger partial charge is 0.332 e. The molecule has 0 aromatic heterocycles. The lowest BCUT2D eigenvalue weighted by Crippen LogP contribution is -2.19. The van der Waals surface area contributed by atoms with Crippen molar-refractivity contribution in [3.63, 3.8) is 0 Å². The molecule has 1 aromatic carbocycles. The maximum atomic E-state index is 11.8. The average molecular weight is 436 g/mol. The van der Waals surface area contributed by atoms with Crippen LogP contribution in [0, 0.1) is 15.5 Å². The lowest BCUT2D eigenvalue weighted by molar-refractivity contribution is -0.384. The van der Waals surface area contributed by atoms with Gasteiger partial charge in [0.15, 0.2) is 0 Å². The molecule has 2 rings (SSSR count). The number of nitro groups is 1. The Morgan fingerprint density at radius 3 is 2.41 bits per heavy atom. The van der Waals surface area contributed by atoms with Crippen LogP contribution in [0.15, 0.2) is 82.5 Å². The van der Waals surface area contributed by atoms with Crippen LogP contribution >= 0.6 is 0 Å². The molecule has 0 heterocycles. The van der Waals surface area contributed by atoms with Gasteiger partial charge < -0.3 is 5.11 Å². The molecule has 0 saturated carbocycles. The van der Waals surface area contributed by atoms with Crippen molar-refractivity contribution in [1.82, 2.24) is 0 Å². The van der Waals surface area contributed by atoms with Crippen LogP contribution in [0.3, 0.4) is 0 Å². The molecule has 0 spiro atoms. The molecule has 170 valence electrons. The van der Waals surface area contributed by atoms with E-state index in [1.165, 1.54) is 36.1 Å². The number of hydrogen-bond donors (Lipinski definition) is 1. The average Bonchev–Trinajstić information content (AvgIpc) is 2.71. The lowest BCUT2D eigenvalue weighted by atomic mass is 9.72. The number of non-ortho nitro benzene ring substituents is 1. The summed E-state index contributed by atoms with van der Waals surface area (Å²) in [5.41, 5.74) is 5.77. The fourth-order valence-corrected chi connectivity index (χ4v) is 4.05. The Balaban J connectivity index is 2.15. The SMILES string of the molecule is CC(C=CC1=C(C)CCCC1(C)C)=CC=CC(C)=C(Cc1ccc([N+](=O)[O-])cc1)C(=O)O. The van der Waals surface area contributed by atoms with Crippen LogP contribution in [-0.2, 0) is 11.2 Å². The Morgan fingerprint density at radius 2 is 1.84 bits per heavy atom. The number of nitro benzene ring substituents is 1. The van der Waals surface area contributed by atoms with Gasteiger partial charge >= 0.3 is 5.97 Å². The van der Waals surface area contributed by atoms with Gasteiger partial charge in [-0.25, -0.2) is 4.79 Å². The third-order valence-electron chi connectivity index (χ3n) is 6.02. The summed E-state index contributed by atoms with van der Waals surface area (Å²) in [6, 6.07) is 5.97. The quantitative estimate of drug-likeness (QED) is 0.204. The standard InChI is InChI=1S/C27H33NO4/c1-19(11-16-25-21(3)10-7-17-27(25,4)5)8-6-9-20(2)24(26(29)30)18-22-12-14-23(15-13-22)28(31)32/h6,8-9,11-16H,7,10,17-18H2,1-5H3,(H,29,30). The van der Waals surface area contributed by atoms with Crippen molar-refractivity contribution < 1.29 is 14.8 Å². The van der Waals surface area contributed by atoms with Crippen molar-refractivity contribution in [2.75, 3.05) is 0 Å². The minimum absolute atomic E-state index is 0.0116. The zero-order chi connectivity index (χ0) is 23.9. The molecule has 0 amide bonds. The zero-order valence-electron chi connectivity index (χ0n) is 19.6. The Bertz CT molecular complexity index is 1020. The summed E-state index contributed by atoms with van der Waals surface area (Å²) in [6.45, 7) is 10.6. The van der Waals surface area contributed by atoms with E-state index < -0.39 is 10.9 Å². The van der Waals surface area contributed by atoms with Crippen LogP contribution < -0.4 is 0 Å². The molecule has 1 aliphatic carbocycles. The molecule has 0 atom stereocenters. The van der Waals surface area contributed by atoms with Gasteiger partial charge in [0.05, 0.1) is 4.92 Å². The zero-order valence-corrected chi connectivity index (χ0v) is 19.6. The Kier molecular flexibility index (Phi) is 8.53. The van der Waals surface area contributed by atoms with Gasteiger partial charge in [0.25, 0.3) is 5.69 Å². The predicted molar refractivity (Wildman–Crippen MR) is 130 cm³/mol. The molecule has 0 aliphatic heterocycles. The molecule has 0 radical (unpaired) electrons. The van der Waals surface area contributed by atoms with Crippen LogP contribution in [0.4, 0.5) is 5.69 Å². The lowest BCUT2D eigenvalue weighted by Gasteiger charge is -2.32. The number of carboxylic acid groups (broad SMARTS) is 1. The molecule has 5 heteroatoms. The Morgan fingerprint density at radius 1 is 1.19 bits per heavy atom. The van der Waals surface area contributed by atoms with Crippen LogP contribution in [-0.4, -0.2) is 16.0 Å². The monoisotopic (exact) mass is 435 g/mol. The summed E-state index contributed by atoms with van der Waals surface area (Å²) < 4.78 is 0. The number of carboxylic acids is 1. The van der Waals surface area contributed by atoms with Crippen LogP contribution in [0.2, 0.25) is 0 Å². The minimum Gasteiger partial charge on any atom is -0.478 e. The van der Waals surface area contributed by atoms with E-state index in [0.717, 1.165) is 12.0 Å². The van der Waals surface area contributed by atoms with Crippen molar-refractivity contribution in [2.24, 2.45) is 5.41 Å². The minimum atomic E-state index is -0.993. The molecule has 0 bridgehead atoms. The number of aliphatic carboxylic acids is 1. The second-order valence-corrected chi connectivity index (χ2v) is 9.10. The third-order valence-corrected chi connectivity index (χ3v) is 6.02. The van der Waals surface area contributed by atoms with E-state index in [4.69, 9.17) is 0 Å². The number of benzene rings is 1. The van der Waals surface area contributed by atoms with Crippen molar-refractivity contribution in [3.8, 4) is 0 Å². The fourth-order valence-electron chi connectivity index (χ4n) is 4.05. The molecule has 0 saturated heterocycles. The first kappa shape index (κ1) is 25.1. The molecule has 32 heavy (non-hydrogen) atoms. The number of rotatable bonds is 8. The third kappa shape index (κ3) is 6.91. The summed E-state index contributed by atoms with van der Waals surface area (Å²) in [7, 11) is 0. The van der Waals surface area contributed by atoms with Crippen molar-refractivity contribution in [3.05, 3.63) is 98.2 Å². The van der Waals surface area contributed by atoms with Gasteiger partial charge in [-0.2, -0.15) is 0 Å². The summed E-state index contributed by atoms with van der Waals surface area (Å²) in [6.07, 6.45) is 13.8. The van der Waals surface area contributed by atoms with Crippen LogP contribution in [0.1, 0.15) is 59.4 Å². The number of hydrogen-bond acceptors (Lipinski definition) is 3. The first-order valence-electron chi connectivity index (χ1n) is 10.9. The summed E-state index contributed by atoms with van der Waals surface area (Å²) in [5.74, 6) is -0.993. The fraction of sp³-hybridized carbons (Fsp3) is 0.370. The largest absolute Gasteiger partial charge is 0.478 e. The molecular weight excluding hydrogens is 402 g/mol. The van der Waals surface area contributed by atoms with Crippen molar-refractivity contribution in [1.29, 1.82) is 0 Å². The maximum Gasteiger partial charge on any atom is 0.332 e. The van der Waals surface area contributed by atoms with Gasteiger partial charge in [-0.1, -0.05) is 67.5 Å². The van der Waals surface area contributed by atoms with Gasteiger partial charge in [-0.3, -0.25) is 10.1 Å². The highest BCUT2D eigenvalue weighted by Crippen LogP contribution is 2.40. The molecular formula is C27H33NO4. The van der Waals surface area contributed by atoms with E-state index in [-0.39, 0.29) is 23.1 Å². The molecule has 1 aromatic rings. The topological polar surface area (TPSA) is 80.4 Å². The van der Waals surface area contributed by atoms with Gasteiger partial charge in [-0.05, 0) is 62.2 Å². The highest BCUT2D eigenvalue weighted by Gasteiger charge is 2.26. The Hall–Kier alpha value is -3.21. The van der Waals surface area contributed by atoms with E-state index in [9.17, 15) is 20.0 Å². The van der Waals surface area contributed by atoms with Crippen LogP contribution in [0.5, 0.6) is 0 Å². The first-order valence-corrected chi connectivity index (χ1v) is 10.9. The summed E-state index contributed by atoms with van der Waals surface area (Å²) >= 11 is 0. The van der Waals surface area contributed by atoms with Gasteiger partial charge in [0.1, 0.15) is 0 Å². The van der Waals surface area contributed by atoms with Crippen molar-refractivity contribution in [2.45, 2.75) is 60.3 Å². The maximum absolute atomic E-state index is 11.8. The number of allylic oxidation sites excluding steroid dienone is 9. The molecule has 0 unspecified atom stereocenters. The van der Waals surface area contributed by atoms with E-state index in [1.807, 2.05) is 19.1 Å². The van der Waals surface area contributed by atoms with E-state index >= 15 is 0 Å². The second kappa shape index (κ2) is 10.9. The summed E-state index contributed by atoms with van der Waals surface area (Å²) in [4.78, 5) is 22.1. The van der Waals surface area contributed by atoms with E-state index in [0.29, 0.717) is 11.1 Å². The molecule has 0 fully saturated rings. The van der Waals surface area contributed by atoms with Gasteiger partial charge in [0, 0.05) is 24.1 Å². The van der Waals surface area contributed by atoms with Crippen molar-refractivity contribution >= 4 is 11.7 Å². The molecule has 1 aliphatic rings. The van der Waals surface area contributed by atoms with Gasteiger partial charge in [0.2, 0.25) is 0 Å². The first-order chi connectivity index (χ1) is 15.0. The number of carbonyl (C=O) groups is 1. The second-order valence-electron chi connectivity index (χ2n) is 9.10. The molecule has 1 N–H and O–H groups in total. The highest BCUT2D eigenvalue weighted by atomic mass is 16.6. The normalized spacial score (nSPS) is 17.7.